The molecule has 0 saturated heterocycles. The third-order valence-electron chi connectivity index (χ3n) is 5.90. The molecule has 1 amide bonds. The quantitative estimate of drug-likeness (QED) is 0.325. The van der Waals surface area contributed by atoms with Gasteiger partial charge in [-0.2, -0.15) is 5.10 Å². The van der Waals surface area contributed by atoms with Crippen molar-refractivity contribution >= 4 is 17.6 Å². The van der Waals surface area contributed by atoms with Crippen LogP contribution in [-0.2, 0) is 16.1 Å². The lowest BCUT2D eigenvalue weighted by atomic mass is 9.95. The number of esters is 1. The van der Waals surface area contributed by atoms with Crippen molar-refractivity contribution in [3.8, 4) is 22.4 Å². The van der Waals surface area contributed by atoms with E-state index in [-0.39, 0.29) is 24.6 Å². The van der Waals surface area contributed by atoms with Gasteiger partial charge in [-0.1, -0.05) is 92.7 Å². The van der Waals surface area contributed by atoms with E-state index in [1.165, 1.54) is 0 Å². The van der Waals surface area contributed by atoms with Crippen LogP contribution in [0.3, 0.4) is 0 Å². The second-order valence-corrected chi connectivity index (χ2v) is 8.80. The highest BCUT2D eigenvalue weighted by atomic mass is 16.5. The van der Waals surface area contributed by atoms with Gasteiger partial charge in [-0.3, -0.25) is 9.59 Å². The fourth-order valence-electron chi connectivity index (χ4n) is 4.19. The zero-order valence-corrected chi connectivity index (χ0v) is 21.1. The van der Waals surface area contributed by atoms with Gasteiger partial charge in [0.2, 0.25) is 5.91 Å². The van der Waals surface area contributed by atoms with E-state index in [4.69, 9.17) is 4.74 Å². The Balaban J connectivity index is 1.86. The molecule has 7 heteroatoms. The molecule has 1 heterocycles. The van der Waals surface area contributed by atoms with E-state index in [0.717, 1.165) is 10.2 Å². The highest BCUT2D eigenvalue weighted by molar-refractivity contribution is 6.01. The lowest BCUT2D eigenvalue weighted by Gasteiger charge is -2.17. The Morgan fingerprint density at radius 1 is 0.892 bits per heavy atom. The number of aromatic nitrogens is 2. The molecule has 37 heavy (non-hydrogen) atoms. The SMILES string of the molecule is CCOC(=O)c1c(-c2ccccc2)c(-c2ccccc2)nn(CC(=O)Nc2ccccc2C(C)C)c1=O. The minimum atomic E-state index is -0.759. The van der Waals surface area contributed by atoms with Crippen molar-refractivity contribution in [1.29, 1.82) is 0 Å². The van der Waals surface area contributed by atoms with Gasteiger partial charge in [-0.15, -0.1) is 0 Å². The zero-order valence-electron chi connectivity index (χ0n) is 21.1. The molecule has 0 fully saturated rings. The molecule has 0 unspecified atom stereocenters. The molecular formula is C30H29N3O4. The molecular weight excluding hydrogens is 466 g/mol. The monoisotopic (exact) mass is 495 g/mol. The first-order valence-electron chi connectivity index (χ1n) is 12.2. The Bertz CT molecular complexity index is 1460. The number of nitrogens with zero attached hydrogens (tertiary/aromatic N) is 2. The molecule has 0 atom stereocenters. The van der Waals surface area contributed by atoms with E-state index in [1.54, 1.807) is 6.92 Å². The predicted octanol–water partition coefficient (Wildman–Crippen LogP) is 5.52. The largest absolute Gasteiger partial charge is 0.462 e. The molecule has 0 spiro atoms. The van der Waals surface area contributed by atoms with Crippen LogP contribution < -0.4 is 10.9 Å². The first kappa shape index (κ1) is 25.6. The summed E-state index contributed by atoms with van der Waals surface area (Å²) in [5, 5.41) is 7.49. The topological polar surface area (TPSA) is 90.3 Å². The van der Waals surface area contributed by atoms with Crippen LogP contribution in [0.1, 0.15) is 42.6 Å². The van der Waals surface area contributed by atoms with Gasteiger partial charge in [0.25, 0.3) is 5.56 Å². The highest BCUT2D eigenvalue weighted by Gasteiger charge is 2.27. The van der Waals surface area contributed by atoms with Crippen molar-refractivity contribution in [3.63, 3.8) is 0 Å². The Morgan fingerprint density at radius 3 is 2.11 bits per heavy atom. The predicted molar refractivity (Wildman–Crippen MR) is 144 cm³/mol. The number of para-hydroxylation sites is 1. The molecule has 1 aromatic heterocycles. The van der Waals surface area contributed by atoms with E-state index in [9.17, 15) is 14.4 Å². The number of anilines is 1. The van der Waals surface area contributed by atoms with Crippen LogP contribution in [0.4, 0.5) is 5.69 Å². The smallest absolute Gasteiger partial charge is 0.344 e. The van der Waals surface area contributed by atoms with E-state index in [2.05, 4.69) is 10.4 Å². The fourth-order valence-corrected chi connectivity index (χ4v) is 4.19. The Labute approximate surface area is 215 Å². The van der Waals surface area contributed by atoms with Gasteiger partial charge in [-0.05, 0) is 30.0 Å². The number of ether oxygens (including phenoxy) is 1. The molecule has 4 rings (SSSR count). The number of carbonyl (C=O) groups is 2. The minimum Gasteiger partial charge on any atom is -0.462 e. The summed E-state index contributed by atoms with van der Waals surface area (Å²) in [6, 6.07) is 25.9. The van der Waals surface area contributed by atoms with Gasteiger partial charge in [0.1, 0.15) is 12.1 Å². The number of amides is 1. The van der Waals surface area contributed by atoms with Crippen LogP contribution in [0.25, 0.3) is 22.4 Å². The summed E-state index contributed by atoms with van der Waals surface area (Å²) in [4.78, 5) is 39.9. The van der Waals surface area contributed by atoms with E-state index in [1.807, 2.05) is 98.8 Å². The van der Waals surface area contributed by atoms with Crippen LogP contribution in [0.15, 0.2) is 89.7 Å². The van der Waals surface area contributed by atoms with Gasteiger partial charge in [0.15, 0.2) is 0 Å². The first-order chi connectivity index (χ1) is 17.9. The average Bonchev–Trinajstić information content (AvgIpc) is 2.90. The normalized spacial score (nSPS) is 10.8. The maximum atomic E-state index is 13.6. The van der Waals surface area contributed by atoms with Crippen LogP contribution in [0, 0.1) is 0 Å². The average molecular weight is 496 g/mol. The molecule has 0 saturated carbocycles. The van der Waals surface area contributed by atoms with Crippen LogP contribution in [0.5, 0.6) is 0 Å². The molecule has 0 aliphatic rings. The summed E-state index contributed by atoms with van der Waals surface area (Å²) in [7, 11) is 0. The number of hydrogen-bond acceptors (Lipinski definition) is 5. The number of carbonyl (C=O) groups excluding carboxylic acids is 2. The van der Waals surface area contributed by atoms with Gasteiger partial charge in [0, 0.05) is 16.8 Å². The van der Waals surface area contributed by atoms with Crippen LogP contribution in [0.2, 0.25) is 0 Å². The van der Waals surface area contributed by atoms with Crippen molar-refractivity contribution in [1.82, 2.24) is 9.78 Å². The summed E-state index contributed by atoms with van der Waals surface area (Å²) < 4.78 is 6.31. The van der Waals surface area contributed by atoms with Crippen molar-refractivity contribution < 1.29 is 14.3 Å². The Kier molecular flexibility index (Phi) is 7.93. The highest BCUT2D eigenvalue weighted by Crippen LogP contribution is 2.32. The molecule has 0 radical (unpaired) electrons. The zero-order chi connectivity index (χ0) is 26.4. The number of benzene rings is 3. The van der Waals surface area contributed by atoms with Gasteiger partial charge < -0.3 is 10.1 Å². The summed E-state index contributed by atoms with van der Waals surface area (Å²) in [5.74, 6) is -0.989. The van der Waals surface area contributed by atoms with Crippen molar-refractivity contribution in [3.05, 3.63) is 106 Å². The van der Waals surface area contributed by atoms with Gasteiger partial charge >= 0.3 is 5.97 Å². The second kappa shape index (κ2) is 11.5. The third-order valence-corrected chi connectivity index (χ3v) is 5.90. The van der Waals surface area contributed by atoms with Gasteiger partial charge in [-0.25, -0.2) is 9.48 Å². The van der Waals surface area contributed by atoms with E-state index < -0.39 is 17.4 Å². The minimum absolute atomic E-state index is 0.0992. The molecule has 3 aromatic carbocycles. The van der Waals surface area contributed by atoms with Crippen LogP contribution >= 0.6 is 0 Å². The summed E-state index contributed by atoms with van der Waals surface area (Å²) >= 11 is 0. The molecule has 0 aliphatic carbocycles. The molecule has 0 bridgehead atoms. The molecule has 7 nitrogen and oxygen atoms in total. The van der Waals surface area contributed by atoms with Gasteiger partial charge in [0.05, 0.1) is 12.3 Å². The molecule has 0 aliphatic heterocycles. The first-order valence-corrected chi connectivity index (χ1v) is 12.2. The van der Waals surface area contributed by atoms with E-state index >= 15 is 0 Å². The summed E-state index contributed by atoms with van der Waals surface area (Å²) in [6.45, 7) is 5.49. The lowest BCUT2D eigenvalue weighted by molar-refractivity contribution is -0.117. The summed E-state index contributed by atoms with van der Waals surface area (Å²) in [5.41, 5.74) is 2.93. The Morgan fingerprint density at radius 2 is 1.49 bits per heavy atom. The maximum absolute atomic E-state index is 13.6. The van der Waals surface area contributed by atoms with Crippen molar-refractivity contribution in [2.45, 2.75) is 33.2 Å². The number of hydrogen-bond donors (Lipinski definition) is 1. The van der Waals surface area contributed by atoms with E-state index in [0.29, 0.717) is 28.1 Å². The molecule has 188 valence electrons. The van der Waals surface area contributed by atoms with Crippen molar-refractivity contribution in [2.75, 3.05) is 11.9 Å². The Hall–Kier alpha value is -4.52. The maximum Gasteiger partial charge on any atom is 0.344 e. The van der Waals surface area contributed by atoms with Crippen LogP contribution in [-0.4, -0.2) is 28.3 Å². The second-order valence-electron chi connectivity index (χ2n) is 8.80. The third kappa shape index (κ3) is 5.67. The lowest BCUT2D eigenvalue weighted by Crippen LogP contribution is -2.35. The number of nitrogens with one attached hydrogen (secondary N) is 1. The van der Waals surface area contributed by atoms with Crippen molar-refractivity contribution in [2.24, 2.45) is 0 Å². The molecule has 4 aromatic rings. The standard InChI is InChI=1S/C30H29N3O4/c1-4-37-30(36)27-26(21-13-7-5-8-14-21)28(22-15-9-6-10-16-22)32-33(29(27)35)19-25(34)31-24-18-12-11-17-23(24)20(2)3/h5-18,20H,4,19H2,1-3H3,(H,31,34). The molecule has 1 N–H and O–H groups in total. The number of rotatable bonds is 8. The summed E-state index contributed by atoms with van der Waals surface area (Å²) in [6.07, 6.45) is 0. The fraction of sp³-hybridized carbons (Fsp3) is 0.200.